The van der Waals surface area contributed by atoms with E-state index in [1.807, 2.05) is 0 Å². The molecule has 0 radical (unpaired) electrons. The van der Waals surface area contributed by atoms with Crippen molar-refractivity contribution in [2.75, 3.05) is 0 Å². The van der Waals surface area contributed by atoms with Crippen molar-refractivity contribution in [3.8, 4) is 0 Å². The summed E-state index contributed by atoms with van der Waals surface area (Å²) in [6.45, 7) is 7.18. The van der Waals surface area contributed by atoms with Gasteiger partial charge in [-0.25, -0.2) is 0 Å². The Morgan fingerprint density at radius 3 is 2.42 bits per heavy atom. The second-order valence-electron chi connectivity index (χ2n) is 4.90. The highest BCUT2D eigenvalue weighted by atomic mass is 14.4. The smallest absolute Gasteiger partial charge is 0.0300 e. The van der Waals surface area contributed by atoms with E-state index in [-0.39, 0.29) is 0 Å². The van der Waals surface area contributed by atoms with Crippen molar-refractivity contribution in [1.82, 2.24) is 0 Å². The van der Waals surface area contributed by atoms with Gasteiger partial charge in [-0.2, -0.15) is 0 Å². The Morgan fingerprint density at radius 2 is 2.00 bits per heavy atom. The van der Waals surface area contributed by atoms with E-state index in [0.717, 1.165) is 11.3 Å². The van der Waals surface area contributed by atoms with Crippen LogP contribution in [0.3, 0.4) is 0 Å². The average molecular weight is 168 g/mol. The fraction of sp³-hybridized carbons (Fsp3) is 1.00. The lowest BCUT2D eigenvalue weighted by atomic mass is 9.60. The molecule has 0 heteroatoms. The summed E-state index contributed by atoms with van der Waals surface area (Å²) < 4.78 is 0. The molecule has 0 saturated heterocycles. The van der Waals surface area contributed by atoms with Crippen LogP contribution in [0.1, 0.15) is 65.7 Å². The Hall–Kier alpha value is 0. The molecule has 0 heterocycles. The monoisotopic (exact) mass is 168 g/mol. The standard InChI is InChI=1S/C12H24/c1-4-5-6-7-9-12(3)10-8-11(12)2/h11H,4-10H2,1-3H3. The lowest BCUT2D eigenvalue weighted by molar-refractivity contribution is 0.0523. The van der Waals surface area contributed by atoms with E-state index in [4.69, 9.17) is 0 Å². The predicted molar refractivity (Wildman–Crippen MR) is 55.3 cm³/mol. The predicted octanol–water partition coefficient (Wildman–Crippen LogP) is 4.39. The molecule has 2 unspecified atom stereocenters. The Morgan fingerprint density at radius 1 is 1.25 bits per heavy atom. The van der Waals surface area contributed by atoms with Crippen molar-refractivity contribution in [2.24, 2.45) is 11.3 Å². The lowest BCUT2D eigenvalue weighted by Crippen LogP contribution is -2.35. The van der Waals surface area contributed by atoms with E-state index in [1.54, 1.807) is 0 Å². The van der Waals surface area contributed by atoms with Gasteiger partial charge >= 0.3 is 0 Å². The molecular formula is C12H24. The molecule has 1 fully saturated rings. The maximum Gasteiger partial charge on any atom is -0.0300 e. The maximum atomic E-state index is 2.48. The van der Waals surface area contributed by atoms with Gasteiger partial charge in [0.1, 0.15) is 0 Å². The Labute approximate surface area is 77.7 Å². The van der Waals surface area contributed by atoms with Crippen LogP contribution in [0, 0.1) is 11.3 Å². The summed E-state index contributed by atoms with van der Waals surface area (Å²) in [5.41, 5.74) is 0.730. The van der Waals surface area contributed by atoms with Crippen LogP contribution in [-0.4, -0.2) is 0 Å². The minimum absolute atomic E-state index is 0.730. The third-order valence-corrected chi connectivity index (χ3v) is 3.94. The Balaban J connectivity index is 2.06. The third-order valence-electron chi connectivity index (χ3n) is 3.94. The Kier molecular flexibility index (Phi) is 3.61. The molecule has 1 saturated carbocycles. The van der Waals surface area contributed by atoms with Crippen molar-refractivity contribution in [2.45, 2.75) is 65.7 Å². The van der Waals surface area contributed by atoms with E-state index in [9.17, 15) is 0 Å². The van der Waals surface area contributed by atoms with E-state index >= 15 is 0 Å². The fourth-order valence-corrected chi connectivity index (χ4v) is 2.25. The molecular weight excluding hydrogens is 144 g/mol. The summed E-state index contributed by atoms with van der Waals surface area (Å²) in [5.74, 6) is 0.999. The molecule has 0 aromatic heterocycles. The number of rotatable bonds is 5. The van der Waals surface area contributed by atoms with Crippen LogP contribution in [0.2, 0.25) is 0 Å². The van der Waals surface area contributed by atoms with Crippen LogP contribution in [0.15, 0.2) is 0 Å². The summed E-state index contributed by atoms with van der Waals surface area (Å²) in [4.78, 5) is 0. The first-order chi connectivity index (χ1) is 5.69. The maximum absolute atomic E-state index is 2.48. The van der Waals surface area contributed by atoms with E-state index in [0.29, 0.717) is 0 Å². The molecule has 12 heavy (non-hydrogen) atoms. The van der Waals surface area contributed by atoms with Crippen LogP contribution < -0.4 is 0 Å². The third kappa shape index (κ3) is 2.24. The van der Waals surface area contributed by atoms with Crippen molar-refractivity contribution < 1.29 is 0 Å². The van der Waals surface area contributed by atoms with Crippen LogP contribution in [0.25, 0.3) is 0 Å². The van der Waals surface area contributed by atoms with E-state index in [2.05, 4.69) is 20.8 Å². The van der Waals surface area contributed by atoms with Gasteiger partial charge in [-0.1, -0.05) is 46.5 Å². The summed E-state index contributed by atoms with van der Waals surface area (Å²) >= 11 is 0. The molecule has 1 aliphatic rings. The van der Waals surface area contributed by atoms with Gasteiger partial charge in [-0.3, -0.25) is 0 Å². The topological polar surface area (TPSA) is 0 Å². The van der Waals surface area contributed by atoms with Crippen LogP contribution >= 0.6 is 0 Å². The van der Waals surface area contributed by atoms with Gasteiger partial charge in [0, 0.05) is 0 Å². The molecule has 0 N–H and O–H groups in total. The van der Waals surface area contributed by atoms with Crippen molar-refractivity contribution >= 4 is 0 Å². The first kappa shape index (κ1) is 10.1. The van der Waals surface area contributed by atoms with E-state index < -0.39 is 0 Å². The van der Waals surface area contributed by atoms with Gasteiger partial charge < -0.3 is 0 Å². The minimum atomic E-state index is 0.730. The van der Waals surface area contributed by atoms with Gasteiger partial charge in [-0.15, -0.1) is 0 Å². The second-order valence-corrected chi connectivity index (χ2v) is 4.90. The van der Waals surface area contributed by atoms with E-state index in [1.165, 1.54) is 44.9 Å². The average Bonchev–Trinajstić information content (AvgIpc) is 2.09. The highest BCUT2D eigenvalue weighted by molar-refractivity contribution is 4.89. The van der Waals surface area contributed by atoms with Crippen molar-refractivity contribution in [3.05, 3.63) is 0 Å². The highest BCUT2D eigenvalue weighted by Crippen LogP contribution is 2.49. The normalized spacial score (nSPS) is 34.8. The van der Waals surface area contributed by atoms with Gasteiger partial charge in [0.05, 0.1) is 0 Å². The summed E-state index contributed by atoms with van der Waals surface area (Å²) in [7, 11) is 0. The van der Waals surface area contributed by atoms with Crippen LogP contribution in [-0.2, 0) is 0 Å². The number of unbranched alkanes of at least 4 members (excludes halogenated alkanes) is 3. The summed E-state index contributed by atoms with van der Waals surface area (Å²) in [6, 6.07) is 0. The SMILES string of the molecule is CCCCCCC1(C)CCC1C. The molecule has 72 valence electrons. The number of hydrogen-bond donors (Lipinski definition) is 0. The lowest BCUT2D eigenvalue weighted by Gasteiger charge is -2.46. The van der Waals surface area contributed by atoms with Gasteiger partial charge in [-0.05, 0) is 30.6 Å². The van der Waals surface area contributed by atoms with Crippen molar-refractivity contribution in [1.29, 1.82) is 0 Å². The molecule has 1 rings (SSSR count). The molecule has 0 amide bonds. The zero-order chi connectivity index (χ0) is 9.03. The molecule has 0 bridgehead atoms. The van der Waals surface area contributed by atoms with Gasteiger partial charge in [0.15, 0.2) is 0 Å². The molecule has 0 aromatic carbocycles. The fourth-order valence-electron chi connectivity index (χ4n) is 2.25. The molecule has 0 aliphatic heterocycles. The van der Waals surface area contributed by atoms with Crippen LogP contribution in [0.5, 0.6) is 0 Å². The van der Waals surface area contributed by atoms with Gasteiger partial charge in [0.25, 0.3) is 0 Å². The highest BCUT2D eigenvalue weighted by Gasteiger charge is 2.38. The quantitative estimate of drug-likeness (QED) is 0.534. The Bertz CT molecular complexity index is 128. The summed E-state index contributed by atoms with van der Waals surface area (Å²) in [5, 5.41) is 0. The van der Waals surface area contributed by atoms with Crippen molar-refractivity contribution in [3.63, 3.8) is 0 Å². The molecule has 1 aliphatic carbocycles. The second kappa shape index (κ2) is 4.30. The zero-order valence-electron chi connectivity index (χ0n) is 9.03. The molecule has 0 aromatic rings. The minimum Gasteiger partial charge on any atom is -0.0654 e. The number of hydrogen-bond acceptors (Lipinski definition) is 0. The zero-order valence-corrected chi connectivity index (χ0v) is 9.03. The van der Waals surface area contributed by atoms with Crippen LogP contribution in [0.4, 0.5) is 0 Å². The van der Waals surface area contributed by atoms with Gasteiger partial charge in [0.2, 0.25) is 0 Å². The summed E-state index contributed by atoms with van der Waals surface area (Å²) in [6.07, 6.45) is 10.2. The first-order valence-corrected chi connectivity index (χ1v) is 5.69. The molecule has 2 atom stereocenters. The first-order valence-electron chi connectivity index (χ1n) is 5.69. The molecule has 0 spiro atoms. The molecule has 0 nitrogen and oxygen atoms in total. The largest absolute Gasteiger partial charge is 0.0654 e.